The Morgan fingerprint density at radius 2 is 0.769 bits per heavy atom. The van der Waals surface area contributed by atoms with E-state index in [1.165, 1.54) is 58.3 Å². The fraction of sp³-hybridized carbons (Fsp3) is 1.00. The first-order chi connectivity index (χ1) is 5.47. The number of rotatable bonds is 1. The van der Waals surface area contributed by atoms with Gasteiger partial charge in [0.25, 0.3) is 0 Å². The van der Waals surface area contributed by atoms with Crippen LogP contribution < -0.4 is 0 Å². The van der Waals surface area contributed by atoms with Crippen molar-refractivity contribution in [3.8, 4) is 0 Å². The van der Waals surface area contributed by atoms with Crippen LogP contribution in [0.3, 0.4) is 0 Å². The van der Waals surface area contributed by atoms with E-state index in [0.717, 1.165) is 0 Å². The molecule has 4 heteroatoms. The Hall–Kier alpha value is 0.880. The van der Waals surface area contributed by atoms with Crippen LogP contribution in [-0.2, 0) is 0 Å². The summed E-state index contributed by atoms with van der Waals surface area (Å²) in [5, 5.41) is 5.12. The SMILES string of the molecule is Br.Br.C1CCN(N2CCCC2)CC1. The van der Waals surface area contributed by atoms with Crippen molar-refractivity contribution >= 4 is 34.0 Å². The summed E-state index contributed by atoms with van der Waals surface area (Å²) in [7, 11) is 0. The highest BCUT2D eigenvalue weighted by molar-refractivity contribution is 8.93. The van der Waals surface area contributed by atoms with Gasteiger partial charge < -0.3 is 0 Å². The van der Waals surface area contributed by atoms with Crippen molar-refractivity contribution in [2.24, 2.45) is 0 Å². The molecule has 0 aromatic heterocycles. The van der Waals surface area contributed by atoms with E-state index >= 15 is 0 Å². The summed E-state index contributed by atoms with van der Waals surface area (Å²) in [6, 6.07) is 0. The lowest BCUT2D eigenvalue weighted by atomic mass is 10.2. The third-order valence-corrected chi connectivity index (χ3v) is 2.81. The van der Waals surface area contributed by atoms with Crippen LogP contribution >= 0.6 is 34.0 Å². The monoisotopic (exact) mass is 314 g/mol. The van der Waals surface area contributed by atoms with E-state index in [9.17, 15) is 0 Å². The van der Waals surface area contributed by atoms with E-state index in [1.807, 2.05) is 0 Å². The standard InChI is InChI=1S/C9H18N2.2BrH/c1-2-6-10(7-3-1)11-8-4-5-9-11;;/h1-9H2;2*1H. The Labute approximate surface area is 102 Å². The van der Waals surface area contributed by atoms with Gasteiger partial charge in [-0.2, -0.15) is 0 Å². The third-order valence-electron chi connectivity index (χ3n) is 2.81. The van der Waals surface area contributed by atoms with Gasteiger partial charge in [-0.3, -0.25) is 0 Å². The van der Waals surface area contributed by atoms with E-state index in [4.69, 9.17) is 0 Å². The van der Waals surface area contributed by atoms with E-state index < -0.39 is 0 Å². The van der Waals surface area contributed by atoms with Crippen molar-refractivity contribution < 1.29 is 0 Å². The molecule has 2 saturated heterocycles. The number of hydrogen-bond donors (Lipinski definition) is 0. The van der Waals surface area contributed by atoms with Crippen LogP contribution in [0.4, 0.5) is 0 Å². The first kappa shape index (κ1) is 13.9. The number of nitrogens with zero attached hydrogens (tertiary/aromatic N) is 2. The fourth-order valence-corrected chi connectivity index (χ4v) is 2.14. The zero-order chi connectivity index (χ0) is 7.52. The van der Waals surface area contributed by atoms with Gasteiger partial charge in [0.05, 0.1) is 0 Å². The normalized spacial score (nSPS) is 24.9. The number of piperidine rings is 1. The molecule has 2 nitrogen and oxygen atoms in total. The molecule has 0 amide bonds. The van der Waals surface area contributed by atoms with E-state index in [-0.39, 0.29) is 34.0 Å². The Morgan fingerprint density at radius 1 is 0.462 bits per heavy atom. The van der Waals surface area contributed by atoms with Gasteiger partial charge in [0.1, 0.15) is 0 Å². The molecule has 0 aliphatic carbocycles. The molecule has 80 valence electrons. The first-order valence-corrected chi connectivity index (χ1v) is 4.96. The Balaban J connectivity index is 0.000000720. The maximum absolute atomic E-state index is 2.57. The predicted octanol–water partition coefficient (Wildman–Crippen LogP) is 2.64. The lowest BCUT2D eigenvalue weighted by molar-refractivity contribution is -0.0187. The molecule has 0 aromatic carbocycles. The van der Waals surface area contributed by atoms with Crippen molar-refractivity contribution in [3.05, 3.63) is 0 Å². The molecule has 0 spiro atoms. The summed E-state index contributed by atoms with van der Waals surface area (Å²) in [5.41, 5.74) is 0. The maximum atomic E-state index is 2.57. The van der Waals surface area contributed by atoms with Gasteiger partial charge in [-0.05, 0) is 25.7 Å². The van der Waals surface area contributed by atoms with Gasteiger partial charge >= 0.3 is 0 Å². The second-order valence-corrected chi connectivity index (χ2v) is 3.68. The molecule has 0 radical (unpaired) electrons. The van der Waals surface area contributed by atoms with Crippen LogP contribution in [0.15, 0.2) is 0 Å². The first-order valence-electron chi connectivity index (χ1n) is 4.96. The molecule has 2 aliphatic heterocycles. The van der Waals surface area contributed by atoms with Crippen molar-refractivity contribution in [1.29, 1.82) is 0 Å². The minimum Gasteiger partial charge on any atom is -0.242 e. The zero-order valence-corrected chi connectivity index (χ0v) is 11.5. The van der Waals surface area contributed by atoms with Crippen LogP contribution in [0.5, 0.6) is 0 Å². The largest absolute Gasteiger partial charge is 0.242 e. The quantitative estimate of drug-likeness (QED) is 0.734. The van der Waals surface area contributed by atoms with E-state index in [1.54, 1.807) is 0 Å². The molecule has 2 rings (SSSR count). The predicted molar refractivity (Wildman–Crippen MR) is 66.9 cm³/mol. The summed E-state index contributed by atoms with van der Waals surface area (Å²) in [6.07, 6.45) is 7.10. The van der Waals surface area contributed by atoms with Crippen molar-refractivity contribution in [2.45, 2.75) is 32.1 Å². The molecule has 2 fully saturated rings. The highest BCUT2D eigenvalue weighted by Gasteiger charge is 2.20. The molecular weight excluding hydrogens is 296 g/mol. The highest BCUT2D eigenvalue weighted by Crippen LogP contribution is 2.16. The van der Waals surface area contributed by atoms with Gasteiger partial charge in [0, 0.05) is 26.2 Å². The average molecular weight is 316 g/mol. The second-order valence-electron chi connectivity index (χ2n) is 3.68. The highest BCUT2D eigenvalue weighted by atomic mass is 79.9. The second kappa shape index (κ2) is 7.21. The van der Waals surface area contributed by atoms with Crippen LogP contribution in [0.25, 0.3) is 0 Å². The van der Waals surface area contributed by atoms with Gasteiger partial charge in [-0.25, -0.2) is 10.0 Å². The molecule has 2 heterocycles. The summed E-state index contributed by atoms with van der Waals surface area (Å²) >= 11 is 0. The van der Waals surface area contributed by atoms with Crippen molar-refractivity contribution in [2.75, 3.05) is 26.2 Å². The molecule has 2 aliphatic rings. The van der Waals surface area contributed by atoms with Crippen molar-refractivity contribution in [1.82, 2.24) is 10.0 Å². The number of hydrazine groups is 1. The summed E-state index contributed by atoms with van der Waals surface area (Å²) < 4.78 is 0. The minimum absolute atomic E-state index is 0. The number of halogens is 2. The van der Waals surface area contributed by atoms with Crippen LogP contribution in [0, 0.1) is 0 Å². The third kappa shape index (κ3) is 3.86. The fourth-order valence-electron chi connectivity index (χ4n) is 2.14. The summed E-state index contributed by atoms with van der Waals surface area (Å²) in [4.78, 5) is 0. The molecule has 0 unspecified atom stereocenters. The van der Waals surface area contributed by atoms with E-state index in [2.05, 4.69) is 10.0 Å². The van der Waals surface area contributed by atoms with Gasteiger partial charge in [-0.1, -0.05) is 6.42 Å². The Kier molecular flexibility index (Phi) is 7.70. The summed E-state index contributed by atoms with van der Waals surface area (Å²) in [5.74, 6) is 0. The lowest BCUT2D eigenvalue weighted by Crippen LogP contribution is -2.43. The smallest absolute Gasteiger partial charge is 0.0133 e. The molecule has 0 bridgehead atoms. The van der Waals surface area contributed by atoms with Crippen LogP contribution in [0.2, 0.25) is 0 Å². The summed E-state index contributed by atoms with van der Waals surface area (Å²) in [6.45, 7) is 5.28. The molecule has 13 heavy (non-hydrogen) atoms. The molecule has 0 N–H and O–H groups in total. The van der Waals surface area contributed by atoms with Crippen LogP contribution in [0.1, 0.15) is 32.1 Å². The van der Waals surface area contributed by atoms with Gasteiger partial charge in [-0.15, -0.1) is 34.0 Å². The van der Waals surface area contributed by atoms with Gasteiger partial charge in [0.2, 0.25) is 0 Å². The molecule has 0 atom stereocenters. The van der Waals surface area contributed by atoms with Crippen molar-refractivity contribution in [3.63, 3.8) is 0 Å². The minimum atomic E-state index is 0. The van der Waals surface area contributed by atoms with E-state index in [0.29, 0.717) is 0 Å². The Morgan fingerprint density at radius 3 is 1.15 bits per heavy atom. The average Bonchev–Trinajstić information content (AvgIpc) is 2.58. The van der Waals surface area contributed by atoms with Gasteiger partial charge in [0.15, 0.2) is 0 Å². The van der Waals surface area contributed by atoms with Crippen LogP contribution in [-0.4, -0.2) is 36.2 Å². The number of hydrogen-bond acceptors (Lipinski definition) is 2. The topological polar surface area (TPSA) is 6.48 Å². The lowest BCUT2D eigenvalue weighted by Gasteiger charge is -2.34. The molecular formula is C9H20Br2N2. The molecule has 0 aromatic rings. The zero-order valence-electron chi connectivity index (χ0n) is 8.07. The molecule has 0 saturated carbocycles. The maximum Gasteiger partial charge on any atom is 0.0133 e. The Bertz CT molecular complexity index is 121.